The van der Waals surface area contributed by atoms with E-state index in [1.54, 1.807) is 23.1 Å². The number of likely N-dealkylation sites (tertiary alicyclic amines) is 1. The van der Waals surface area contributed by atoms with Gasteiger partial charge in [-0.25, -0.2) is 4.79 Å². The predicted octanol–water partition coefficient (Wildman–Crippen LogP) is 0.872. The fourth-order valence-electron chi connectivity index (χ4n) is 3.13. The van der Waals surface area contributed by atoms with Crippen LogP contribution in [-0.2, 0) is 11.3 Å². The van der Waals surface area contributed by atoms with Crippen LogP contribution in [0.25, 0.3) is 11.5 Å². The van der Waals surface area contributed by atoms with E-state index in [-0.39, 0.29) is 31.2 Å². The first kappa shape index (κ1) is 17.1. The summed E-state index contributed by atoms with van der Waals surface area (Å²) >= 11 is 0. The highest BCUT2D eigenvalue weighted by Gasteiger charge is 2.27. The number of piperidine rings is 1. The van der Waals surface area contributed by atoms with Crippen molar-refractivity contribution in [2.75, 3.05) is 19.9 Å². The number of primary amides is 1. The summed E-state index contributed by atoms with van der Waals surface area (Å²) in [6.07, 6.45) is 1.46. The van der Waals surface area contributed by atoms with E-state index >= 15 is 0 Å². The number of hydrogen-bond acceptors (Lipinski definition) is 7. The molecule has 1 aromatic carbocycles. The van der Waals surface area contributed by atoms with Gasteiger partial charge < -0.3 is 29.9 Å². The number of aromatic nitrogens is 2. The van der Waals surface area contributed by atoms with Crippen LogP contribution in [0.1, 0.15) is 18.7 Å². The van der Waals surface area contributed by atoms with Crippen LogP contribution in [0.4, 0.5) is 4.79 Å². The number of ether oxygens (including phenoxy) is 2. The second-order valence-electron chi connectivity index (χ2n) is 6.43. The number of amides is 3. The summed E-state index contributed by atoms with van der Waals surface area (Å²) in [4.78, 5) is 29.5. The molecule has 3 amide bonds. The number of rotatable bonds is 4. The maximum Gasteiger partial charge on any atom is 0.317 e. The molecule has 0 bridgehead atoms. The van der Waals surface area contributed by atoms with Crippen molar-refractivity contribution >= 4 is 11.9 Å². The second kappa shape index (κ2) is 7.14. The third-order valence-corrected chi connectivity index (χ3v) is 4.60. The summed E-state index contributed by atoms with van der Waals surface area (Å²) in [7, 11) is 0. The summed E-state index contributed by atoms with van der Waals surface area (Å²) < 4.78 is 15.9. The summed E-state index contributed by atoms with van der Waals surface area (Å²) in [6, 6.07) is 5.04. The molecule has 27 heavy (non-hydrogen) atoms. The Morgan fingerprint density at radius 3 is 3.00 bits per heavy atom. The lowest BCUT2D eigenvalue weighted by Crippen LogP contribution is -2.48. The van der Waals surface area contributed by atoms with Crippen molar-refractivity contribution < 1.29 is 23.6 Å². The highest BCUT2D eigenvalue weighted by molar-refractivity contribution is 5.79. The lowest BCUT2D eigenvalue weighted by molar-refractivity contribution is -0.123. The molecule has 0 saturated carbocycles. The monoisotopic (exact) mass is 373 g/mol. The number of fused-ring (bicyclic) bond motifs is 1. The average Bonchev–Trinajstić information content (AvgIpc) is 3.34. The van der Waals surface area contributed by atoms with Gasteiger partial charge in [-0.2, -0.15) is 4.98 Å². The third kappa shape index (κ3) is 3.64. The molecule has 4 rings (SSSR count). The largest absolute Gasteiger partial charge is 0.454 e. The van der Waals surface area contributed by atoms with Gasteiger partial charge >= 0.3 is 6.03 Å². The molecule has 1 atom stereocenters. The lowest BCUT2D eigenvalue weighted by Gasteiger charge is -2.31. The Hall–Kier alpha value is -3.30. The maximum atomic E-state index is 12.3. The number of nitrogens with zero attached hydrogens (tertiary/aromatic N) is 3. The number of carbonyl (C=O) groups excluding carboxylic acids is 2. The Bertz CT molecular complexity index is 867. The van der Waals surface area contributed by atoms with Crippen LogP contribution in [0.2, 0.25) is 0 Å². The van der Waals surface area contributed by atoms with E-state index in [9.17, 15) is 9.59 Å². The molecule has 3 N–H and O–H groups in total. The summed E-state index contributed by atoms with van der Waals surface area (Å²) in [5, 5.41) is 6.62. The van der Waals surface area contributed by atoms with E-state index in [1.807, 2.05) is 0 Å². The highest BCUT2D eigenvalue weighted by atomic mass is 16.7. The van der Waals surface area contributed by atoms with E-state index in [0.717, 1.165) is 6.42 Å². The highest BCUT2D eigenvalue weighted by Crippen LogP contribution is 2.35. The molecule has 2 aliphatic heterocycles. The zero-order valence-corrected chi connectivity index (χ0v) is 14.5. The Morgan fingerprint density at radius 1 is 1.30 bits per heavy atom. The molecule has 2 aromatic rings. The van der Waals surface area contributed by atoms with Crippen LogP contribution in [0.3, 0.4) is 0 Å². The molecule has 0 aliphatic carbocycles. The molecule has 3 heterocycles. The molecular formula is C17H19N5O5. The fraction of sp³-hybridized carbons (Fsp3) is 0.412. The van der Waals surface area contributed by atoms with Gasteiger partial charge in [0.2, 0.25) is 12.7 Å². The van der Waals surface area contributed by atoms with Gasteiger partial charge in [-0.05, 0) is 31.0 Å². The van der Waals surface area contributed by atoms with Gasteiger partial charge in [-0.15, -0.1) is 0 Å². The SMILES string of the molecule is NC(=O)[C@H]1CCCN(C(=O)NCc2noc(-c3ccc4c(c3)OCO4)n2)C1. The maximum absolute atomic E-state index is 12.3. The minimum absolute atomic E-state index is 0.116. The Labute approximate surface area is 154 Å². The van der Waals surface area contributed by atoms with Gasteiger partial charge in [0.05, 0.1) is 12.5 Å². The van der Waals surface area contributed by atoms with Crippen molar-refractivity contribution in [3.05, 3.63) is 24.0 Å². The molecule has 10 heteroatoms. The first-order chi connectivity index (χ1) is 13.1. The fourth-order valence-corrected chi connectivity index (χ4v) is 3.13. The van der Waals surface area contributed by atoms with E-state index < -0.39 is 0 Å². The van der Waals surface area contributed by atoms with Crippen molar-refractivity contribution in [1.29, 1.82) is 0 Å². The van der Waals surface area contributed by atoms with Crippen molar-refractivity contribution in [2.24, 2.45) is 11.7 Å². The van der Waals surface area contributed by atoms with E-state index in [2.05, 4.69) is 15.5 Å². The van der Waals surface area contributed by atoms with Crippen LogP contribution < -0.4 is 20.5 Å². The lowest BCUT2D eigenvalue weighted by atomic mass is 9.98. The molecule has 2 aliphatic rings. The number of nitrogens with two attached hydrogens (primary N) is 1. The van der Waals surface area contributed by atoms with Crippen LogP contribution in [0, 0.1) is 5.92 Å². The van der Waals surface area contributed by atoms with Gasteiger partial charge in [-0.1, -0.05) is 5.16 Å². The quantitative estimate of drug-likeness (QED) is 0.812. The summed E-state index contributed by atoms with van der Waals surface area (Å²) in [5.41, 5.74) is 6.04. The van der Waals surface area contributed by atoms with E-state index in [1.165, 1.54) is 0 Å². The van der Waals surface area contributed by atoms with Gasteiger partial charge in [0.15, 0.2) is 17.3 Å². The normalized spacial score (nSPS) is 18.4. The number of hydrogen-bond donors (Lipinski definition) is 2. The summed E-state index contributed by atoms with van der Waals surface area (Å²) in [6.45, 7) is 1.22. The first-order valence-corrected chi connectivity index (χ1v) is 8.65. The number of benzene rings is 1. The van der Waals surface area contributed by atoms with Crippen LogP contribution >= 0.6 is 0 Å². The number of carbonyl (C=O) groups is 2. The third-order valence-electron chi connectivity index (χ3n) is 4.60. The van der Waals surface area contributed by atoms with Crippen molar-refractivity contribution in [1.82, 2.24) is 20.4 Å². The van der Waals surface area contributed by atoms with Gasteiger partial charge in [0.25, 0.3) is 5.89 Å². The molecular weight excluding hydrogens is 354 g/mol. The van der Waals surface area contributed by atoms with Crippen molar-refractivity contribution in [3.8, 4) is 23.0 Å². The molecule has 0 radical (unpaired) electrons. The standard InChI is InChI=1S/C17H19N5O5/c18-15(23)11-2-1-5-22(8-11)17(24)19-7-14-20-16(27-21-14)10-3-4-12-13(6-10)26-9-25-12/h3-4,6,11H,1-2,5,7-9H2,(H2,18,23)(H,19,24)/t11-/m0/s1. The van der Waals surface area contributed by atoms with E-state index in [0.29, 0.717) is 48.3 Å². The average molecular weight is 373 g/mol. The zero-order chi connectivity index (χ0) is 18.8. The molecule has 142 valence electrons. The zero-order valence-electron chi connectivity index (χ0n) is 14.5. The first-order valence-electron chi connectivity index (χ1n) is 8.65. The van der Waals surface area contributed by atoms with Crippen LogP contribution in [0.15, 0.2) is 22.7 Å². The van der Waals surface area contributed by atoms with Gasteiger partial charge in [0.1, 0.15) is 0 Å². The van der Waals surface area contributed by atoms with Crippen LogP contribution in [0.5, 0.6) is 11.5 Å². The predicted molar refractivity (Wildman–Crippen MR) is 91.6 cm³/mol. The molecule has 0 unspecified atom stereocenters. The van der Waals surface area contributed by atoms with Gasteiger partial charge in [0, 0.05) is 18.7 Å². The molecule has 1 fully saturated rings. The Balaban J connectivity index is 1.35. The van der Waals surface area contributed by atoms with Gasteiger partial charge in [-0.3, -0.25) is 4.79 Å². The molecule has 10 nitrogen and oxygen atoms in total. The smallest absolute Gasteiger partial charge is 0.317 e. The minimum Gasteiger partial charge on any atom is -0.454 e. The van der Waals surface area contributed by atoms with E-state index in [4.69, 9.17) is 19.7 Å². The van der Waals surface area contributed by atoms with Crippen molar-refractivity contribution in [3.63, 3.8) is 0 Å². The number of urea groups is 1. The number of nitrogens with one attached hydrogen (secondary N) is 1. The summed E-state index contributed by atoms with van der Waals surface area (Å²) in [5.74, 6) is 1.28. The topological polar surface area (TPSA) is 133 Å². The van der Waals surface area contributed by atoms with Crippen molar-refractivity contribution in [2.45, 2.75) is 19.4 Å². The Morgan fingerprint density at radius 2 is 2.15 bits per heavy atom. The Kier molecular flexibility index (Phi) is 4.53. The minimum atomic E-state index is -0.376. The van der Waals surface area contributed by atoms with Crippen LogP contribution in [-0.4, -0.2) is 46.9 Å². The molecule has 0 spiro atoms. The second-order valence-corrected chi connectivity index (χ2v) is 6.43. The molecule has 1 aromatic heterocycles. The molecule has 1 saturated heterocycles.